The summed E-state index contributed by atoms with van der Waals surface area (Å²) in [7, 11) is 0. The normalized spacial score (nSPS) is 11.5. The van der Waals surface area contributed by atoms with Crippen LogP contribution in [-0.2, 0) is 11.2 Å². The second-order valence-electron chi connectivity index (χ2n) is 5.59. The molecule has 0 aliphatic carbocycles. The highest BCUT2D eigenvalue weighted by Gasteiger charge is 2.20. The number of carboxylic acid groups (broad SMARTS) is 1. The van der Waals surface area contributed by atoms with Gasteiger partial charge in [0.1, 0.15) is 0 Å². The number of hydrogen-bond donors (Lipinski definition) is 2. The Hall–Kier alpha value is -1.35. The van der Waals surface area contributed by atoms with E-state index < -0.39 is 5.97 Å². The molecule has 3 nitrogen and oxygen atoms in total. The standard InChI is InChI=1S/C15H23NO2/c1-12-6-4-5-7-13(12)8-9-16-11-15(2,3)10-14(17)18/h4-7,16H,8-11H2,1-3H3,(H,17,18). The first kappa shape index (κ1) is 14.7. The highest BCUT2D eigenvalue weighted by Crippen LogP contribution is 2.18. The summed E-state index contributed by atoms with van der Waals surface area (Å²) in [5.41, 5.74) is 2.46. The average Bonchev–Trinajstić information content (AvgIpc) is 2.25. The fourth-order valence-corrected chi connectivity index (χ4v) is 2.01. The third-order valence-electron chi connectivity index (χ3n) is 3.07. The molecule has 0 amide bonds. The van der Waals surface area contributed by atoms with Gasteiger partial charge in [-0.15, -0.1) is 0 Å². The number of hydrogen-bond acceptors (Lipinski definition) is 2. The van der Waals surface area contributed by atoms with Gasteiger partial charge in [0, 0.05) is 6.54 Å². The Kier molecular flexibility index (Phi) is 5.35. The Balaban J connectivity index is 2.31. The first-order valence-electron chi connectivity index (χ1n) is 6.38. The minimum absolute atomic E-state index is 0.197. The smallest absolute Gasteiger partial charge is 0.303 e. The van der Waals surface area contributed by atoms with Crippen molar-refractivity contribution in [3.05, 3.63) is 35.4 Å². The summed E-state index contributed by atoms with van der Waals surface area (Å²) in [6, 6.07) is 8.35. The van der Waals surface area contributed by atoms with Crippen LogP contribution in [0.25, 0.3) is 0 Å². The summed E-state index contributed by atoms with van der Waals surface area (Å²) in [4.78, 5) is 10.7. The fourth-order valence-electron chi connectivity index (χ4n) is 2.01. The SMILES string of the molecule is Cc1ccccc1CCNCC(C)(C)CC(=O)O. The van der Waals surface area contributed by atoms with Gasteiger partial charge in [0.25, 0.3) is 0 Å². The Labute approximate surface area is 109 Å². The molecular weight excluding hydrogens is 226 g/mol. The van der Waals surface area contributed by atoms with E-state index in [9.17, 15) is 4.79 Å². The van der Waals surface area contributed by atoms with Crippen LogP contribution in [-0.4, -0.2) is 24.2 Å². The molecule has 0 saturated carbocycles. The fraction of sp³-hybridized carbons (Fsp3) is 0.533. The van der Waals surface area contributed by atoms with Crippen LogP contribution in [0.15, 0.2) is 24.3 Å². The molecule has 0 atom stereocenters. The van der Waals surface area contributed by atoms with Crippen molar-refractivity contribution in [1.82, 2.24) is 5.32 Å². The van der Waals surface area contributed by atoms with Crippen molar-refractivity contribution in [3.8, 4) is 0 Å². The molecule has 0 aromatic heterocycles. The van der Waals surface area contributed by atoms with E-state index in [1.165, 1.54) is 11.1 Å². The van der Waals surface area contributed by atoms with Crippen LogP contribution in [0.5, 0.6) is 0 Å². The number of aliphatic carboxylic acids is 1. The van der Waals surface area contributed by atoms with Crippen molar-refractivity contribution >= 4 is 5.97 Å². The van der Waals surface area contributed by atoms with Gasteiger partial charge >= 0.3 is 5.97 Å². The van der Waals surface area contributed by atoms with E-state index in [4.69, 9.17) is 5.11 Å². The van der Waals surface area contributed by atoms with Crippen LogP contribution < -0.4 is 5.32 Å². The second-order valence-corrected chi connectivity index (χ2v) is 5.59. The van der Waals surface area contributed by atoms with Gasteiger partial charge in [-0.3, -0.25) is 4.79 Å². The molecule has 1 rings (SSSR count). The molecule has 0 unspecified atom stereocenters. The molecule has 1 aromatic rings. The maximum absolute atomic E-state index is 10.7. The predicted octanol–water partition coefficient (Wildman–Crippen LogP) is 2.63. The number of aryl methyl sites for hydroxylation is 1. The van der Waals surface area contributed by atoms with Crippen molar-refractivity contribution < 1.29 is 9.90 Å². The summed E-state index contributed by atoms with van der Waals surface area (Å²) in [5, 5.41) is 12.1. The van der Waals surface area contributed by atoms with Gasteiger partial charge in [-0.05, 0) is 36.4 Å². The molecule has 0 aliphatic heterocycles. The maximum Gasteiger partial charge on any atom is 0.303 e. The van der Waals surface area contributed by atoms with Crippen molar-refractivity contribution in [2.24, 2.45) is 5.41 Å². The van der Waals surface area contributed by atoms with Crippen molar-refractivity contribution in [1.29, 1.82) is 0 Å². The number of carboxylic acids is 1. The molecular formula is C15H23NO2. The van der Waals surface area contributed by atoms with Gasteiger partial charge in [-0.25, -0.2) is 0 Å². The highest BCUT2D eigenvalue weighted by atomic mass is 16.4. The van der Waals surface area contributed by atoms with E-state index in [-0.39, 0.29) is 11.8 Å². The third-order valence-corrected chi connectivity index (χ3v) is 3.07. The van der Waals surface area contributed by atoms with Crippen LogP contribution >= 0.6 is 0 Å². The summed E-state index contributed by atoms with van der Waals surface area (Å²) < 4.78 is 0. The number of rotatable bonds is 7. The largest absolute Gasteiger partial charge is 0.481 e. The molecule has 1 aromatic carbocycles. The molecule has 2 N–H and O–H groups in total. The minimum atomic E-state index is -0.735. The van der Waals surface area contributed by atoms with Crippen molar-refractivity contribution in [3.63, 3.8) is 0 Å². The Morgan fingerprint density at radius 3 is 2.61 bits per heavy atom. The average molecular weight is 249 g/mol. The number of benzene rings is 1. The van der Waals surface area contributed by atoms with Crippen LogP contribution in [0, 0.1) is 12.3 Å². The lowest BCUT2D eigenvalue weighted by Crippen LogP contribution is -2.32. The van der Waals surface area contributed by atoms with E-state index in [0.29, 0.717) is 0 Å². The van der Waals surface area contributed by atoms with Gasteiger partial charge < -0.3 is 10.4 Å². The minimum Gasteiger partial charge on any atom is -0.481 e. The second kappa shape index (κ2) is 6.55. The van der Waals surface area contributed by atoms with E-state index in [2.05, 4.69) is 30.4 Å². The first-order chi connectivity index (χ1) is 8.41. The topological polar surface area (TPSA) is 49.3 Å². The Morgan fingerprint density at radius 1 is 1.33 bits per heavy atom. The van der Waals surface area contributed by atoms with E-state index in [1.807, 2.05) is 19.9 Å². The first-order valence-corrected chi connectivity index (χ1v) is 6.38. The molecule has 100 valence electrons. The van der Waals surface area contributed by atoms with Crippen LogP contribution in [0.2, 0.25) is 0 Å². The Bertz CT molecular complexity index is 399. The van der Waals surface area contributed by atoms with Gasteiger partial charge in [-0.2, -0.15) is 0 Å². The highest BCUT2D eigenvalue weighted by molar-refractivity contribution is 5.67. The summed E-state index contributed by atoms with van der Waals surface area (Å²) >= 11 is 0. The van der Waals surface area contributed by atoms with Gasteiger partial charge in [0.05, 0.1) is 6.42 Å². The summed E-state index contributed by atoms with van der Waals surface area (Å²) in [6.07, 6.45) is 1.18. The molecule has 0 spiro atoms. The lowest BCUT2D eigenvalue weighted by Gasteiger charge is -2.22. The zero-order valence-electron chi connectivity index (χ0n) is 11.5. The molecule has 18 heavy (non-hydrogen) atoms. The van der Waals surface area contributed by atoms with Crippen molar-refractivity contribution in [2.45, 2.75) is 33.6 Å². The quantitative estimate of drug-likeness (QED) is 0.730. The lowest BCUT2D eigenvalue weighted by molar-refractivity contribution is -0.139. The number of carbonyl (C=O) groups is 1. The zero-order valence-corrected chi connectivity index (χ0v) is 11.5. The lowest BCUT2D eigenvalue weighted by atomic mass is 9.89. The van der Waals surface area contributed by atoms with Gasteiger partial charge in [-0.1, -0.05) is 38.1 Å². The third kappa shape index (κ3) is 5.32. The molecule has 0 fully saturated rings. The molecule has 0 heterocycles. The van der Waals surface area contributed by atoms with Crippen LogP contribution in [0.1, 0.15) is 31.4 Å². The summed E-state index contributed by atoms with van der Waals surface area (Å²) in [5.74, 6) is -0.735. The monoisotopic (exact) mass is 249 g/mol. The zero-order chi connectivity index (χ0) is 13.6. The van der Waals surface area contributed by atoms with Crippen molar-refractivity contribution in [2.75, 3.05) is 13.1 Å². The maximum atomic E-state index is 10.7. The van der Waals surface area contributed by atoms with Crippen LogP contribution in [0.4, 0.5) is 0 Å². The van der Waals surface area contributed by atoms with Gasteiger partial charge in [0.15, 0.2) is 0 Å². The van der Waals surface area contributed by atoms with Gasteiger partial charge in [0.2, 0.25) is 0 Å². The van der Waals surface area contributed by atoms with E-state index in [1.54, 1.807) is 0 Å². The Morgan fingerprint density at radius 2 is 2.00 bits per heavy atom. The van der Waals surface area contributed by atoms with Crippen LogP contribution in [0.3, 0.4) is 0 Å². The van der Waals surface area contributed by atoms with E-state index >= 15 is 0 Å². The number of nitrogens with one attached hydrogen (secondary N) is 1. The molecule has 3 heteroatoms. The molecule has 0 radical (unpaired) electrons. The summed E-state index contributed by atoms with van der Waals surface area (Å²) in [6.45, 7) is 7.67. The molecule has 0 aliphatic rings. The van der Waals surface area contributed by atoms with E-state index in [0.717, 1.165) is 19.5 Å². The molecule has 0 bridgehead atoms. The predicted molar refractivity (Wildman–Crippen MR) is 73.8 cm³/mol. The molecule has 0 saturated heterocycles.